The number of amides is 1. The number of anilines is 1. The summed E-state index contributed by atoms with van der Waals surface area (Å²) in [6, 6.07) is 14.3. The van der Waals surface area contributed by atoms with Crippen LogP contribution >= 0.6 is 0 Å². The number of carbonyl (C=O) groups excluding carboxylic acids is 1. The Balaban J connectivity index is 1.84. The van der Waals surface area contributed by atoms with Crippen LogP contribution in [0.15, 0.2) is 54.6 Å². The maximum Gasteiger partial charge on any atom is 0.356 e. The predicted octanol–water partition coefficient (Wildman–Crippen LogP) is 4.32. The lowest BCUT2D eigenvalue weighted by Crippen LogP contribution is -2.17. The number of carboxylic acids is 1. The number of hydrogen-bond donors (Lipinski definition) is 2. The standard InChI is InChI=1S/C22H22FN3O3/c1-22(2,3)16-8-6-15(7-9-16)20(27)24-19-12-18(21(28)29)25-26(19)13-14-4-10-17(23)11-5-14/h4-12H,13H2,1-3H3,(H,24,27)(H,28,29). The molecule has 1 heterocycles. The maximum atomic E-state index is 13.1. The molecule has 2 aromatic carbocycles. The van der Waals surface area contributed by atoms with Gasteiger partial charge in [0.05, 0.1) is 6.54 Å². The second kappa shape index (κ2) is 7.87. The molecule has 0 aliphatic carbocycles. The van der Waals surface area contributed by atoms with Crippen molar-refractivity contribution >= 4 is 17.7 Å². The Hall–Kier alpha value is -3.48. The number of nitrogens with zero attached hydrogens (tertiary/aromatic N) is 2. The summed E-state index contributed by atoms with van der Waals surface area (Å²) in [4.78, 5) is 24.0. The molecule has 1 amide bonds. The van der Waals surface area contributed by atoms with Crippen LogP contribution in [0, 0.1) is 5.82 Å². The van der Waals surface area contributed by atoms with Crippen LogP contribution in [0.2, 0.25) is 0 Å². The van der Waals surface area contributed by atoms with Gasteiger partial charge in [-0.1, -0.05) is 45.0 Å². The quantitative estimate of drug-likeness (QED) is 0.674. The third kappa shape index (κ3) is 4.87. The van der Waals surface area contributed by atoms with Gasteiger partial charge in [0.25, 0.3) is 5.91 Å². The molecule has 0 saturated carbocycles. The molecule has 2 N–H and O–H groups in total. The number of benzene rings is 2. The van der Waals surface area contributed by atoms with E-state index >= 15 is 0 Å². The monoisotopic (exact) mass is 395 g/mol. The first-order chi connectivity index (χ1) is 13.6. The summed E-state index contributed by atoms with van der Waals surface area (Å²) in [5, 5.41) is 16.0. The van der Waals surface area contributed by atoms with Crippen molar-refractivity contribution in [2.75, 3.05) is 5.32 Å². The molecular formula is C22H22FN3O3. The summed E-state index contributed by atoms with van der Waals surface area (Å²) < 4.78 is 14.5. The van der Waals surface area contributed by atoms with Crippen molar-refractivity contribution < 1.29 is 19.1 Å². The number of nitrogens with one attached hydrogen (secondary N) is 1. The SMILES string of the molecule is CC(C)(C)c1ccc(C(=O)Nc2cc(C(=O)O)nn2Cc2ccc(F)cc2)cc1. The van der Waals surface area contributed by atoms with Crippen LogP contribution < -0.4 is 5.32 Å². The Bertz CT molecular complexity index is 1030. The van der Waals surface area contributed by atoms with Crippen molar-refractivity contribution in [2.24, 2.45) is 0 Å². The first-order valence-corrected chi connectivity index (χ1v) is 9.11. The van der Waals surface area contributed by atoms with Crippen LogP contribution in [0.25, 0.3) is 0 Å². The molecule has 7 heteroatoms. The first-order valence-electron chi connectivity index (χ1n) is 9.11. The average Bonchev–Trinajstić information content (AvgIpc) is 3.06. The number of halogens is 1. The molecule has 0 bridgehead atoms. The summed E-state index contributed by atoms with van der Waals surface area (Å²) in [6.45, 7) is 6.45. The minimum Gasteiger partial charge on any atom is -0.476 e. The lowest BCUT2D eigenvalue weighted by Gasteiger charge is -2.19. The summed E-state index contributed by atoms with van der Waals surface area (Å²) in [6.07, 6.45) is 0. The van der Waals surface area contributed by atoms with Crippen LogP contribution in [0.5, 0.6) is 0 Å². The summed E-state index contributed by atoms with van der Waals surface area (Å²) in [5.41, 5.74) is 2.05. The van der Waals surface area contributed by atoms with E-state index in [-0.39, 0.29) is 35.2 Å². The molecule has 1 aromatic heterocycles. The van der Waals surface area contributed by atoms with Crippen molar-refractivity contribution in [1.29, 1.82) is 0 Å². The number of carboxylic acid groups (broad SMARTS) is 1. The van der Waals surface area contributed by atoms with Crippen molar-refractivity contribution in [3.8, 4) is 0 Å². The summed E-state index contributed by atoms with van der Waals surface area (Å²) in [5.74, 6) is -1.69. The topological polar surface area (TPSA) is 84.2 Å². The van der Waals surface area contributed by atoms with E-state index in [1.54, 1.807) is 24.3 Å². The number of rotatable bonds is 5. The van der Waals surface area contributed by atoms with E-state index in [0.29, 0.717) is 5.56 Å². The van der Waals surface area contributed by atoms with E-state index in [2.05, 4.69) is 31.2 Å². The molecule has 0 unspecified atom stereocenters. The average molecular weight is 395 g/mol. The summed E-state index contributed by atoms with van der Waals surface area (Å²) in [7, 11) is 0. The zero-order valence-corrected chi connectivity index (χ0v) is 16.4. The highest BCUT2D eigenvalue weighted by Crippen LogP contribution is 2.23. The highest BCUT2D eigenvalue weighted by atomic mass is 19.1. The molecule has 0 aliphatic rings. The second-order valence-corrected chi connectivity index (χ2v) is 7.79. The maximum absolute atomic E-state index is 13.1. The van der Waals surface area contributed by atoms with Crippen LogP contribution in [0.3, 0.4) is 0 Å². The van der Waals surface area contributed by atoms with Gasteiger partial charge < -0.3 is 10.4 Å². The van der Waals surface area contributed by atoms with Gasteiger partial charge in [-0.2, -0.15) is 5.10 Å². The lowest BCUT2D eigenvalue weighted by molar-refractivity contribution is 0.0689. The fourth-order valence-electron chi connectivity index (χ4n) is 2.82. The Kier molecular flexibility index (Phi) is 5.50. The number of aromatic nitrogens is 2. The normalized spacial score (nSPS) is 11.3. The molecule has 3 rings (SSSR count). The van der Waals surface area contributed by atoms with E-state index in [4.69, 9.17) is 0 Å². The van der Waals surface area contributed by atoms with E-state index < -0.39 is 5.97 Å². The Morgan fingerprint density at radius 1 is 1.07 bits per heavy atom. The molecule has 0 aliphatic heterocycles. The molecule has 6 nitrogen and oxygen atoms in total. The molecular weight excluding hydrogens is 373 g/mol. The number of carbonyl (C=O) groups is 2. The van der Waals surface area contributed by atoms with Gasteiger partial charge in [0.1, 0.15) is 11.6 Å². The minimum atomic E-state index is -1.20. The van der Waals surface area contributed by atoms with Gasteiger partial charge in [-0.05, 0) is 40.8 Å². The number of aromatic carboxylic acids is 1. The fourth-order valence-corrected chi connectivity index (χ4v) is 2.82. The van der Waals surface area contributed by atoms with E-state index in [0.717, 1.165) is 11.1 Å². The van der Waals surface area contributed by atoms with Crippen LogP contribution in [-0.2, 0) is 12.0 Å². The van der Waals surface area contributed by atoms with Crippen molar-refractivity contribution in [3.63, 3.8) is 0 Å². The van der Waals surface area contributed by atoms with E-state index in [9.17, 15) is 19.1 Å². The highest BCUT2D eigenvalue weighted by molar-refractivity contribution is 6.04. The fraction of sp³-hybridized carbons (Fsp3) is 0.227. The molecule has 0 spiro atoms. The second-order valence-electron chi connectivity index (χ2n) is 7.79. The van der Waals surface area contributed by atoms with Gasteiger partial charge >= 0.3 is 5.97 Å². The van der Waals surface area contributed by atoms with Crippen molar-refractivity contribution in [2.45, 2.75) is 32.7 Å². The lowest BCUT2D eigenvalue weighted by atomic mass is 9.87. The Morgan fingerprint density at radius 2 is 1.69 bits per heavy atom. The molecule has 0 radical (unpaired) electrons. The van der Waals surface area contributed by atoms with Crippen LogP contribution in [-0.4, -0.2) is 26.8 Å². The predicted molar refractivity (Wildman–Crippen MR) is 108 cm³/mol. The van der Waals surface area contributed by atoms with Crippen LogP contribution in [0.1, 0.15) is 52.7 Å². The molecule has 150 valence electrons. The third-order valence-electron chi connectivity index (χ3n) is 4.50. The Morgan fingerprint density at radius 3 is 2.24 bits per heavy atom. The number of hydrogen-bond acceptors (Lipinski definition) is 3. The largest absolute Gasteiger partial charge is 0.476 e. The molecule has 0 fully saturated rings. The van der Waals surface area contributed by atoms with Gasteiger partial charge in [-0.3, -0.25) is 4.79 Å². The minimum absolute atomic E-state index is 0.0286. The van der Waals surface area contributed by atoms with Crippen molar-refractivity contribution in [1.82, 2.24) is 9.78 Å². The zero-order chi connectivity index (χ0) is 21.2. The smallest absolute Gasteiger partial charge is 0.356 e. The molecule has 3 aromatic rings. The van der Waals surface area contributed by atoms with Gasteiger partial charge in [0.15, 0.2) is 5.69 Å². The zero-order valence-electron chi connectivity index (χ0n) is 16.4. The summed E-state index contributed by atoms with van der Waals surface area (Å²) >= 11 is 0. The van der Waals surface area contributed by atoms with Gasteiger partial charge in [-0.25, -0.2) is 13.9 Å². The van der Waals surface area contributed by atoms with Gasteiger partial charge in [0, 0.05) is 11.6 Å². The van der Waals surface area contributed by atoms with E-state index in [1.165, 1.54) is 22.9 Å². The molecule has 0 saturated heterocycles. The van der Waals surface area contributed by atoms with Gasteiger partial charge in [-0.15, -0.1) is 0 Å². The van der Waals surface area contributed by atoms with Crippen LogP contribution in [0.4, 0.5) is 10.2 Å². The third-order valence-corrected chi connectivity index (χ3v) is 4.50. The van der Waals surface area contributed by atoms with E-state index in [1.807, 2.05) is 12.1 Å². The first kappa shape index (κ1) is 20.3. The van der Waals surface area contributed by atoms with Gasteiger partial charge in [0.2, 0.25) is 0 Å². The Labute approximate surface area is 168 Å². The van der Waals surface area contributed by atoms with Crippen molar-refractivity contribution in [3.05, 3.63) is 82.8 Å². The molecule has 0 atom stereocenters. The molecule has 29 heavy (non-hydrogen) atoms. The highest BCUT2D eigenvalue weighted by Gasteiger charge is 2.18.